The zero-order chi connectivity index (χ0) is 15.4. The number of hydrogen-bond donors (Lipinski definition) is 1. The van der Waals surface area contributed by atoms with Crippen LogP contribution >= 0.6 is 11.6 Å². The Labute approximate surface area is 136 Å². The number of benzene rings is 1. The van der Waals surface area contributed by atoms with Gasteiger partial charge in [-0.2, -0.15) is 0 Å². The number of amides is 1. The van der Waals surface area contributed by atoms with Crippen molar-refractivity contribution in [3.05, 3.63) is 35.4 Å². The van der Waals surface area contributed by atoms with Gasteiger partial charge in [-0.3, -0.25) is 4.79 Å². The number of carbonyl (C=O) groups excluding carboxylic acids is 1. The van der Waals surface area contributed by atoms with E-state index in [0.29, 0.717) is 18.2 Å². The zero-order valence-electron chi connectivity index (χ0n) is 12.6. The van der Waals surface area contributed by atoms with Crippen molar-refractivity contribution in [1.82, 2.24) is 0 Å². The summed E-state index contributed by atoms with van der Waals surface area (Å²) in [6.45, 7) is 2.95. The summed E-state index contributed by atoms with van der Waals surface area (Å²) in [7, 11) is 0. The van der Waals surface area contributed by atoms with Gasteiger partial charge in [-0.15, -0.1) is 0 Å². The van der Waals surface area contributed by atoms with Gasteiger partial charge in [0, 0.05) is 19.0 Å². The number of hydrogen-bond acceptors (Lipinski definition) is 3. The first kappa shape index (κ1) is 15.4. The Bertz CT molecular complexity index is 568. The molecule has 0 aromatic heterocycles. The topological polar surface area (TPSA) is 41.6 Å². The van der Waals surface area contributed by atoms with Crippen molar-refractivity contribution in [1.29, 1.82) is 0 Å². The van der Waals surface area contributed by atoms with Crippen molar-refractivity contribution in [3.63, 3.8) is 0 Å². The van der Waals surface area contributed by atoms with Crippen LogP contribution < -0.4 is 10.2 Å². The van der Waals surface area contributed by atoms with Gasteiger partial charge in [0.05, 0.1) is 29.6 Å². The molecular formula is C17H21ClN2O2. The van der Waals surface area contributed by atoms with Crippen molar-refractivity contribution >= 4 is 28.9 Å². The van der Waals surface area contributed by atoms with Crippen molar-refractivity contribution in [3.8, 4) is 0 Å². The van der Waals surface area contributed by atoms with Gasteiger partial charge in [-0.1, -0.05) is 29.8 Å². The predicted molar refractivity (Wildman–Crippen MR) is 89.6 cm³/mol. The third kappa shape index (κ3) is 3.45. The average molecular weight is 321 g/mol. The molecule has 0 radical (unpaired) electrons. The number of para-hydroxylation sites is 1. The van der Waals surface area contributed by atoms with Gasteiger partial charge in [0.1, 0.15) is 0 Å². The Morgan fingerprint density at radius 2 is 2.09 bits per heavy atom. The van der Waals surface area contributed by atoms with Gasteiger partial charge < -0.3 is 15.0 Å². The molecule has 4 nitrogen and oxygen atoms in total. The molecule has 1 saturated heterocycles. The van der Waals surface area contributed by atoms with Gasteiger partial charge in [0.2, 0.25) is 5.91 Å². The number of nitrogens with one attached hydrogen (secondary N) is 1. The maximum absolute atomic E-state index is 12.5. The maximum atomic E-state index is 12.5. The molecule has 2 aliphatic rings. The average Bonchev–Trinajstić information content (AvgIpc) is 2.56. The number of morpholine rings is 1. The normalized spacial score (nSPS) is 21.7. The Morgan fingerprint density at radius 1 is 1.27 bits per heavy atom. The number of nitrogens with zero attached hydrogens (tertiary/aromatic N) is 1. The Hall–Kier alpha value is -1.52. The van der Waals surface area contributed by atoms with E-state index < -0.39 is 0 Å². The molecule has 0 spiro atoms. The molecule has 1 N–H and O–H groups in total. The molecule has 0 bridgehead atoms. The van der Waals surface area contributed by atoms with Crippen LogP contribution in [0.5, 0.6) is 0 Å². The lowest BCUT2D eigenvalue weighted by atomic mass is 9.93. The molecule has 5 heteroatoms. The number of halogens is 1. The maximum Gasteiger partial charge on any atom is 0.227 e. The predicted octanol–water partition coefficient (Wildman–Crippen LogP) is 3.47. The molecule has 1 amide bonds. The van der Waals surface area contributed by atoms with E-state index in [9.17, 15) is 4.79 Å². The van der Waals surface area contributed by atoms with Gasteiger partial charge in [0.15, 0.2) is 0 Å². The summed E-state index contributed by atoms with van der Waals surface area (Å²) in [4.78, 5) is 14.7. The number of anilines is 2. The van der Waals surface area contributed by atoms with Crippen molar-refractivity contribution in [2.24, 2.45) is 5.92 Å². The summed E-state index contributed by atoms with van der Waals surface area (Å²) < 4.78 is 5.40. The molecule has 1 aromatic carbocycles. The molecule has 1 unspecified atom stereocenters. The van der Waals surface area contributed by atoms with E-state index in [-0.39, 0.29) is 11.8 Å². The first-order valence-electron chi connectivity index (χ1n) is 7.83. The first-order chi connectivity index (χ1) is 10.8. The van der Waals surface area contributed by atoms with E-state index in [2.05, 4.69) is 22.4 Å². The number of ether oxygens (including phenoxy) is 1. The summed E-state index contributed by atoms with van der Waals surface area (Å²) in [5, 5.41) is 3.75. The summed E-state index contributed by atoms with van der Waals surface area (Å²) in [6.07, 6.45) is 6.94. The van der Waals surface area contributed by atoms with Gasteiger partial charge >= 0.3 is 0 Å². The van der Waals surface area contributed by atoms with Crippen molar-refractivity contribution in [2.45, 2.75) is 19.3 Å². The van der Waals surface area contributed by atoms with Gasteiger partial charge in [-0.25, -0.2) is 0 Å². The summed E-state index contributed by atoms with van der Waals surface area (Å²) in [5.74, 6) is 0.141. The Kier molecular flexibility index (Phi) is 5.01. The van der Waals surface area contributed by atoms with Crippen LogP contribution in [0.2, 0.25) is 5.02 Å². The van der Waals surface area contributed by atoms with E-state index >= 15 is 0 Å². The highest BCUT2D eigenvalue weighted by molar-refractivity contribution is 6.34. The second-order valence-corrected chi connectivity index (χ2v) is 6.11. The molecule has 118 valence electrons. The second-order valence-electron chi connectivity index (χ2n) is 5.71. The Morgan fingerprint density at radius 3 is 2.82 bits per heavy atom. The fourth-order valence-corrected chi connectivity index (χ4v) is 3.29. The lowest BCUT2D eigenvalue weighted by Gasteiger charge is -2.31. The fraction of sp³-hybridized carbons (Fsp3) is 0.471. The molecule has 1 aliphatic carbocycles. The SMILES string of the molecule is O=C(Nc1cccc(Cl)c1N1CCOCC1)C1CC=CCC1. The lowest BCUT2D eigenvalue weighted by Crippen LogP contribution is -2.37. The molecule has 1 aliphatic heterocycles. The molecule has 1 atom stereocenters. The van der Waals surface area contributed by atoms with E-state index in [0.717, 1.165) is 43.7 Å². The molecule has 22 heavy (non-hydrogen) atoms. The highest BCUT2D eigenvalue weighted by Crippen LogP contribution is 2.35. The van der Waals surface area contributed by atoms with Crippen molar-refractivity contribution in [2.75, 3.05) is 36.5 Å². The third-order valence-corrected chi connectivity index (χ3v) is 4.52. The fourth-order valence-electron chi connectivity index (χ4n) is 2.99. The van der Waals surface area contributed by atoms with Crippen LogP contribution in [0.25, 0.3) is 0 Å². The molecule has 3 rings (SSSR count). The minimum absolute atomic E-state index is 0.0570. The third-order valence-electron chi connectivity index (χ3n) is 4.21. The number of carbonyl (C=O) groups is 1. The molecular weight excluding hydrogens is 300 g/mol. The van der Waals surface area contributed by atoms with Gasteiger partial charge in [-0.05, 0) is 31.4 Å². The zero-order valence-corrected chi connectivity index (χ0v) is 13.3. The summed E-state index contributed by atoms with van der Waals surface area (Å²) in [6, 6.07) is 5.67. The minimum Gasteiger partial charge on any atom is -0.378 e. The highest BCUT2D eigenvalue weighted by Gasteiger charge is 2.22. The van der Waals surface area contributed by atoms with Crippen LogP contribution in [0.1, 0.15) is 19.3 Å². The first-order valence-corrected chi connectivity index (χ1v) is 8.20. The minimum atomic E-state index is 0.0570. The summed E-state index contributed by atoms with van der Waals surface area (Å²) >= 11 is 6.39. The monoisotopic (exact) mass is 320 g/mol. The largest absolute Gasteiger partial charge is 0.378 e. The van der Waals surface area contributed by atoms with Gasteiger partial charge in [0.25, 0.3) is 0 Å². The van der Waals surface area contributed by atoms with Crippen LogP contribution in [0.15, 0.2) is 30.4 Å². The van der Waals surface area contributed by atoms with E-state index in [1.807, 2.05) is 18.2 Å². The van der Waals surface area contributed by atoms with Crippen molar-refractivity contribution < 1.29 is 9.53 Å². The van der Waals surface area contributed by atoms with Crippen LogP contribution in [0.3, 0.4) is 0 Å². The van der Waals surface area contributed by atoms with Crippen LogP contribution in [-0.4, -0.2) is 32.2 Å². The van der Waals surface area contributed by atoms with Crippen LogP contribution in [0, 0.1) is 5.92 Å². The smallest absolute Gasteiger partial charge is 0.227 e. The van der Waals surface area contributed by atoms with E-state index in [1.54, 1.807) is 0 Å². The quantitative estimate of drug-likeness (QED) is 0.867. The molecule has 1 fully saturated rings. The summed E-state index contributed by atoms with van der Waals surface area (Å²) in [5.41, 5.74) is 1.71. The molecule has 0 saturated carbocycles. The van der Waals surface area contributed by atoms with E-state index in [1.165, 1.54) is 0 Å². The van der Waals surface area contributed by atoms with Crippen LogP contribution in [0.4, 0.5) is 11.4 Å². The molecule has 1 aromatic rings. The lowest BCUT2D eigenvalue weighted by molar-refractivity contribution is -0.120. The second kappa shape index (κ2) is 7.16. The van der Waals surface area contributed by atoms with Crippen LogP contribution in [-0.2, 0) is 9.53 Å². The standard InChI is InChI=1S/C17H21ClN2O2/c18-14-7-4-8-15(16(14)20-9-11-22-12-10-20)19-17(21)13-5-2-1-3-6-13/h1-2,4,7-8,13H,3,5-6,9-12H2,(H,19,21). The number of allylic oxidation sites excluding steroid dienone is 2. The number of rotatable bonds is 3. The highest BCUT2D eigenvalue weighted by atomic mass is 35.5. The molecule has 1 heterocycles. The Balaban J connectivity index is 1.79. The van der Waals surface area contributed by atoms with E-state index in [4.69, 9.17) is 16.3 Å².